The molecular weight excluding hydrogens is 216 g/mol. The second kappa shape index (κ2) is 4.75. The zero-order valence-electron chi connectivity index (χ0n) is 10.2. The standard InChI is InChI=1S/C13H18N2O2/c1-9(2)15-12-6-5-10(4-3-7-16)8-11(12)14-13(15)17/h5-6,8-9,16H,3-4,7H2,1-2H3,(H,14,17). The highest BCUT2D eigenvalue weighted by molar-refractivity contribution is 5.76. The fourth-order valence-electron chi connectivity index (χ4n) is 2.13. The van der Waals surface area contributed by atoms with Gasteiger partial charge in [-0.1, -0.05) is 6.07 Å². The number of nitrogens with one attached hydrogen (secondary N) is 1. The van der Waals surface area contributed by atoms with Crippen molar-refractivity contribution in [1.82, 2.24) is 9.55 Å². The summed E-state index contributed by atoms with van der Waals surface area (Å²) in [6, 6.07) is 6.13. The fourth-order valence-corrected chi connectivity index (χ4v) is 2.13. The van der Waals surface area contributed by atoms with Crippen LogP contribution in [0.2, 0.25) is 0 Å². The fraction of sp³-hybridized carbons (Fsp3) is 0.462. The maximum Gasteiger partial charge on any atom is 0.326 e. The monoisotopic (exact) mass is 234 g/mol. The van der Waals surface area contributed by atoms with E-state index in [0.717, 1.165) is 29.4 Å². The molecule has 4 nitrogen and oxygen atoms in total. The van der Waals surface area contributed by atoms with Crippen molar-refractivity contribution in [2.24, 2.45) is 0 Å². The van der Waals surface area contributed by atoms with Crippen LogP contribution >= 0.6 is 0 Å². The van der Waals surface area contributed by atoms with Crippen molar-refractivity contribution in [3.8, 4) is 0 Å². The molecule has 0 aliphatic heterocycles. The summed E-state index contributed by atoms with van der Waals surface area (Å²) in [5, 5.41) is 8.80. The summed E-state index contributed by atoms with van der Waals surface area (Å²) >= 11 is 0. The van der Waals surface area contributed by atoms with Gasteiger partial charge in [0, 0.05) is 12.6 Å². The molecule has 0 unspecified atom stereocenters. The number of hydrogen-bond donors (Lipinski definition) is 2. The lowest BCUT2D eigenvalue weighted by molar-refractivity contribution is 0.288. The van der Waals surface area contributed by atoms with Gasteiger partial charge in [-0.05, 0) is 44.4 Å². The number of imidazole rings is 1. The van der Waals surface area contributed by atoms with Crippen LogP contribution in [0.5, 0.6) is 0 Å². The molecule has 1 aromatic carbocycles. The molecule has 0 aliphatic rings. The van der Waals surface area contributed by atoms with Gasteiger partial charge in [0.2, 0.25) is 0 Å². The molecule has 0 spiro atoms. The van der Waals surface area contributed by atoms with Crippen LogP contribution in [0.4, 0.5) is 0 Å². The Labute approximate surface area is 99.9 Å². The summed E-state index contributed by atoms with van der Waals surface area (Å²) in [5.41, 5.74) is 2.90. The molecular formula is C13H18N2O2. The summed E-state index contributed by atoms with van der Waals surface area (Å²) < 4.78 is 1.76. The molecule has 4 heteroatoms. The first-order valence-electron chi connectivity index (χ1n) is 5.97. The molecule has 2 aromatic rings. The molecule has 1 heterocycles. The van der Waals surface area contributed by atoms with Crippen molar-refractivity contribution in [1.29, 1.82) is 0 Å². The van der Waals surface area contributed by atoms with Crippen LogP contribution in [-0.2, 0) is 6.42 Å². The highest BCUT2D eigenvalue weighted by atomic mass is 16.2. The van der Waals surface area contributed by atoms with Crippen molar-refractivity contribution in [3.05, 3.63) is 34.2 Å². The van der Waals surface area contributed by atoms with Gasteiger partial charge in [-0.15, -0.1) is 0 Å². The lowest BCUT2D eigenvalue weighted by Crippen LogP contribution is -2.18. The minimum Gasteiger partial charge on any atom is -0.396 e. The van der Waals surface area contributed by atoms with Gasteiger partial charge in [0.15, 0.2) is 0 Å². The first-order valence-corrected chi connectivity index (χ1v) is 5.97. The summed E-state index contributed by atoms with van der Waals surface area (Å²) in [5.74, 6) is 0. The predicted molar refractivity (Wildman–Crippen MR) is 68.4 cm³/mol. The van der Waals surface area contributed by atoms with Crippen molar-refractivity contribution < 1.29 is 5.11 Å². The van der Waals surface area contributed by atoms with E-state index in [9.17, 15) is 4.79 Å². The summed E-state index contributed by atoms with van der Waals surface area (Å²) in [7, 11) is 0. The van der Waals surface area contributed by atoms with Gasteiger partial charge in [0.25, 0.3) is 0 Å². The summed E-state index contributed by atoms with van der Waals surface area (Å²) in [6.45, 7) is 4.18. The topological polar surface area (TPSA) is 58.0 Å². The van der Waals surface area contributed by atoms with Gasteiger partial charge < -0.3 is 10.1 Å². The maximum atomic E-state index is 11.8. The molecule has 0 atom stereocenters. The molecule has 0 bridgehead atoms. The SMILES string of the molecule is CC(C)n1c(=O)[nH]c2cc(CCCO)ccc21. The Kier molecular flexibility index (Phi) is 3.33. The summed E-state index contributed by atoms with van der Waals surface area (Å²) in [4.78, 5) is 14.6. The average Bonchev–Trinajstić information content (AvgIpc) is 2.61. The van der Waals surface area contributed by atoms with Gasteiger partial charge in [-0.2, -0.15) is 0 Å². The molecule has 0 radical (unpaired) electrons. The van der Waals surface area contributed by atoms with Crippen LogP contribution < -0.4 is 5.69 Å². The molecule has 2 N–H and O–H groups in total. The molecule has 0 aliphatic carbocycles. The van der Waals surface area contributed by atoms with Gasteiger partial charge in [0.05, 0.1) is 11.0 Å². The number of rotatable bonds is 4. The van der Waals surface area contributed by atoms with Gasteiger partial charge >= 0.3 is 5.69 Å². The third-order valence-corrected chi connectivity index (χ3v) is 2.92. The van der Waals surface area contributed by atoms with E-state index >= 15 is 0 Å². The Balaban J connectivity index is 2.46. The Morgan fingerprint density at radius 1 is 1.41 bits per heavy atom. The van der Waals surface area contributed by atoms with Crippen molar-refractivity contribution >= 4 is 11.0 Å². The third kappa shape index (κ3) is 2.26. The molecule has 0 saturated heterocycles. The van der Waals surface area contributed by atoms with E-state index in [-0.39, 0.29) is 18.3 Å². The summed E-state index contributed by atoms with van der Waals surface area (Å²) in [6.07, 6.45) is 1.59. The lowest BCUT2D eigenvalue weighted by atomic mass is 10.1. The number of aryl methyl sites for hydroxylation is 1. The Morgan fingerprint density at radius 3 is 2.82 bits per heavy atom. The molecule has 92 valence electrons. The quantitative estimate of drug-likeness (QED) is 0.848. The molecule has 0 amide bonds. The number of aromatic amines is 1. The third-order valence-electron chi connectivity index (χ3n) is 2.92. The van der Waals surface area contributed by atoms with E-state index in [4.69, 9.17) is 5.11 Å². The van der Waals surface area contributed by atoms with Crippen LogP contribution in [0, 0.1) is 0 Å². The number of aromatic nitrogens is 2. The lowest BCUT2D eigenvalue weighted by Gasteiger charge is -2.07. The van der Waals surface area contributed by atoms with E-state index < -0.39 is 0 Å². The number of nitrogens with zero attached hydrogens (tertiary/aromatic N) is 1. The first kappa shape index (κ1) is 11.9. The minimum absolute atomic E-state index is 0.0608. The number of aliphatic hydroxyl groups is 1. The van der Waals surface area contributed by atoms with Crippen LogP contribution in [0.3, 0.4) is 0 Å². The van der Waals surface area contributed by atoms with E-state index in [1.807, 2.05) is 32.0 Å². The molecule has 0 fully saturated rings. The zero-order valence-corrected chi connectivity index (χ0v) is 10.2. The second-order valence-electron chi connectivity index (χ2n) is 4.57. The average molecular weight is 234 g/mol. The van der Waals surface area contributed by atoms with Crippen LogP contribution in [0.25, 0.3) is 11.0 Å². The normalized spacial score (nSPS) is 11.5. The van der Waals surface area contributed by atoms with E-state index in [1.54, 1.807) is 4.57 Å². The number of benzene rings is 1. The van der Waals surface area contributed by atoms with Crippen molar-refractivity contribution in [2.45, 2.75) is 32.7 Å². The Hall–Kier alpha value is -1.55. The predicted octanol–water partition coefficient (Wildman–Crippen LogP) is 1.84. The number of aliphatic hydroxyl groups excluding tert-OH is 1. The van der Waals surface area contributed by atoms with E-state index in [1.165, 1.54) is 0 Å². The molecule has 17 heavy (non-hydrogen) atoms. The minimum atomic E-state index is -0.0608. The maximum absolute atomic E-state index is 11.8. The van der Waals surface area contributed by atoms with Gasteiger partial charge in [-0.3, -0.25) is 4.57 Å². The highest BCUT2D eigenvalue weighted by Gasteiger charge is 2.09. The second-order valence-corrected chi connectivity index (χ2v) is 4.57. The van der Waals surface area contributed by atoms with Crippen LogP contribution in [0.15, 0.2) is 23.0 Å². The first-order chi connectivity index (χ1) is 8.13. The zero-order chi connectivity index (χ0) is 12.4. The Bertz CT molecular complexity index is 566. The largest absolute Gasteiger partial charge is 0.396 e. The van der Waals surface area contributed by atoms with E-state index in [2.05, 4.69) is 4.98 Å². The van der Waals surface area contributed by atoms with E-state index in [0.29, 0.717) is 0 Å². The smallest absolute Gasteiger partial charge is 0.326 e. The number of fused-ring (bicyclic) bond motifs is 1. The van der Waals surface area contributed by atoms with Gasteiger partial charge in [0.1, 0.15) is 0 Å². The van der Waals surface area contributed by atoms with Crippen LogP contribution in [0.1, 0.15) is 31.9 Å². The Morgan fingerprint density at radius 2 is 2.18 bits per heavy atom. The van der Waals surface area contributed by atoms with Crippen molar-refractivity contribution in [2.75, 3.05) is 6.61 Å². The van der Waals surface area contributed by atoms with Gasteiger partial charge in [-0.25, -0.2) is 4.79 Å². The van der Waals surface area contributed by atoms with Crippen LogP contribution in [-0.4, -0.2) is 21.3 Å². The number of hydrogen-bond acceptors (Lipinski definition) is 2. The number of H-pyrrole nitrogens is 1. The van der Waals surface area contributed by atoms with Crippen molar-refractivity contribution in [3.63, 3.8) is 0 Å². The molecule has 2 rings (SSSR count). The molecule has 0 saturated carbocycles. The highest BCUT2D eigenvalue weighted by Crippen LogP contribution is 2.17. The molecule has 1 aromatic heterocycles.